The molecule has 1 atom stereocenters. The van der Waals surface area contributed by atoms with Crippen molar-refractivity contribution in [3.8, 4) is 0 Å². The molecule has 1 unspecified atom stereocenters. The molecule has 2 aliphatic rings. The molecule has 0 spiro atoms. The molecule has 1 saturated carbocycles. The first-order valence-corrected chi connectivity index (χ1v) is 9.23. The molecule has 22 heavy (non-hydrogen) atoms. The Morgan fingerprint density at radius 3 is 2.55 bits per heavy atom. The van der Waals surface area contributed by atoms with Crippen molar-refractivity contribution in [3.05, 3.63) is 22.4 Å². The molecule has 5 heteroatoms. The summed E-state index contributed by atoms with van der Waals surface area (Å²) < 4.78 is 0. The number of carbonyl (C=O) groups excluding carboxylic acids is 1. The van der Waals surface area contributed by atoms with E-state index >= 15 is 0 Å². The van der Waals surface area contributed by atoms with Crippen molar-refractivity contribution in [2.75, 3.05) is 32.7 Å². The summed E-state index contributed by atoms with van der Waals surface area (Å²) in [5.41, 5.74) is -0.249. The first kappa shape index (κ1) is 16.0. The Morgan fingerprint density at radius 2 is 2.00 bits per heavy atom. The zero-order valence-corrected chi connectivity index (χ0v) is 14.1. The average molecular weight is 322 g/mol. The maximum absolute atomic E-state index is 13.2. The number of hydrogen-bond donors (Lipinski definition) is 1. The lowest BCUT2D eigenvalue weighted by atomic mass is 9.82. The zero-order chi connectivity index (χ0) is 15.6. The molecule has 2 heterocycles. The summed E-state index contributed by atoms with van der Waals surface area (Å²) >= 11 is 1.73. The molecule has 2 fully saturated rings. The van der Waals surface area contributed by atoms with Gasteiger partial charge in [0.15, 0.2) is 0 Å². The summed E-state index contributed by atoms with van der Waals surface area (Å²) in [4.78, 5) is 18.8. The maximum atomic E-state index is 13.2. The number of aliphatic hydroxyl groups excluding tert-OH is 1. The zero-order valence-electron chi connectivity index (χ0n) is 13.3. The molecule has 1 aromatic heterocycles. The molecule has 3 rings (SSSR count). The fourth-order valence-corrected chi connectivity index (χ4v) is 4.88. The van der Waals surface area contributed by atoms with Crippen LogP contribution in [-0.4, -0.2) is 59.6 Å². The molecule has 0 radical (unpaired) electrons. The highest BCUT2D eigenvalue weighted by Gasteiger charge is 2.46. The van der Waals surface area contributed by atoms with Crippen LogP contribution in [0.25, 0.3) is 0 Å². The van der Waals surface area contributed by atoms with Crippen LogP contribution in [0.2, 0.25) is 0 Å². The van der Waals surface area contributed by atoms with Gasteiger partial charge in [-0.25, -0.2) is 0 Å². The van der Waals surface area contributed by atoms with Gasteiger partial charge in [0.2, 0.25) is 5.91 Å². The van der Waals surface area contributed by atoms with Crippen LogP contribution in [0, 0.1) is 0 Å². The van der Waals surface area contributed by atoms with E-state index < -0.39 is 0 Å². The number of nitrogens with zero attached hydrogens (tertiary/aromatic N) is 2. The Bertz CT molecular complexity index is 487. The molecule has 1 amide bonds. The summed E-state index contributed by atoms with van der Waals surface area (Å²) in [5, 5.41) is 11.6. The van der Waals surface area contributed by atoms with Gasteiger partial charge in [-0.3, -0.25) is 9.69 Å². The second-order valence-corrected chi connectivity index (χ2v) is 7.66. The van der Waals surface area contributed by atoms with E-state index in [1.165, 1.54) is 4.88 Å². The van der Waals surface area contributed by atoms with Crippen LogP contribution in [0.3, 0.4) is 0 Å². The van der Waals surface area contributed by atoms with Gasteiger partial charge in [-0.1, -0.05) is 18.9 Å². The molecule has 1 aliphatic heterocycles. The first-order valence-electron chi connectivity index (χ1n) is 8.35. The first-order chi connectivity index (χ1) is 10.6. The Labute approximate surface area is 136 Å². The fraction of sp³-hybridized carbons (Fsp3) is 0.706. The summed E-state index contributed by atoms with van der Waals surface area (Å²) in [6.45, 7) is 5.85. The summed E-state index contributed by atoms with van der Waals surface area (Å²) in [5.74, 6) is 0.337. The van der Waals surface area contributed by atoms with Gasteiger partial charge >= 0.3 is 0 Å². The normalized spacial score (nSPS) is 23.6. The lowest BCUT2D eigenvalue weighted by Crippen LogP contribution is -2.54. The summed E-state index contributed by atoms with van der Waals surface area (Å²) in [6, 6.07) is 4.20. The van der Waals surface area contributed by atoms with Gasteiger partial charge in [-0.15, -0.1) is 11.3 Å². The summed E-state index contributed by atoms with van der Waals surface area (Å²) in [7, 11) is 0. The smallest absolute Gasteiger partial charge is 0.234 e. The Kier molecular flexibility index (Phi) is 4.85. The van der Waals surface area contributed by atoms with Crippen LogP contribution in [0.4, 0.5) is 0 Å². The highest BCUT2D eigenvalue weighted by molar-refractivity contribution is 7.10. The van der Waals surface area contributed by atoms with E-state index in [1.54, 1.807) is 11.3 Å². The van der Waals surface area contributed by atoms with E-state index in [9.17, 15) is 9.90 Å². The van der Waals surface area contributed by atoms with Gasteiger partial charge < -0.3 is 10.0 Å². The van der Waals surface area contributed by atoms with Crippen LogP contribution in [-0.2, 0) is 10.2 Å². The van der Waals surface area contributed by atoms with Gasteiger partial charge in [0.1, 0.15) is 0 Å². The summed E-state index contributed by atoms with van der Waals surface area (Å²) in [6.07, 6.45) is 4.02. The van der Waals surface area contributed by atoms with Crippen molar-refractivity contribution >= 4 is 17.2 Å². The monoisotopic (exact) mass is 322 g/mol. The van der Waals surface area contributed by atoms with Crippen molar-refractivity contribution in [2.24, 2.45) is 0 Å². The van der Waals surface area contributed by atoms with E-state index in [-0.39, 0.29) is 11.5 Å². The third kappa shape index (κ3) is 3.07. The number of hydrogen-bond acceptors (Lipinski definition) is 4. The number of aliphatic hydroxyl groups is 1. The lowest BCUT2D eigenvalue weighted by molar-refractivity contribution is -0.139. The van der Waals surface area contributed by atoms with Crippen molar-refractivity contribution in [1.29, 1.82) is 0 Å². The van der Waals surface area contributed by atoms with Crippen molar-refractivity contribution in [1.82, 2.24) is 9.80 Å². The van der Waals surface area contributed by atoms with Crippen LogP contribution < -0.4 is 0 Å². The van der Waals surface area contributed by atoms with Gasteiger partial charge in [-0.05, 0) is 31.2 Å². The van der Waals surface area contributed by atoms with E-state index in [2.05, 4.69) is 27.3 Å². The second-order valence-electron chi connectivity index (χ2n) is 6.71. The molecule has 0 aromatic carbocycles. The topological polar surface area (TPSA) is 43.8 Å². The van der Waals surface area contributed by atoms with E-state index in [1.807, 2.05) is 6.92 Å². The molecule has 0 bridgehead atoms. The standard InChI is InChI=1S/C17H26N2O2S/c1-14(20)13-18-8-10-19(11-9-18)16(21)17(6-2-3-7-17)15-5-4-12-22-15/h4-5,12,14,20H,2-3,6-11,13H2,1H3. The molecule has 122 valence electrons. The molecule has 1 aromatic rings. The van der Waals surface area contributed by atoms with Crippen molar-refractivity contribution < 1.29 is 9.90 Å². The molecule has 4 nitrogen and oxygen atoms in total. The van der Waals surface area contributed by atoms with E-state index in [0.29, 0.717) is 12.5 Å². The predicted octanol–water partition coefficient (Wildman–Crippen LogP) is 2.08. The van der Waals surface area contributed by atoms with Gasteiger partial charge in [0.05, 0.1) is 11.5 Å². The Hall–Kier alpha value is -0.910. The minimum atomic E-state index is -0.297. The van der Waals surface area contributed by atoms with Gasteiger partial charge in [0, 0.05) is 37.6 Å². The molecule has 1 aliphatic carbocycles. The average Bonchev–Trinajstić information content (AvgIpc) is 3.18. The van der Waals surface area contributed by atoms with E-state index in [4.69, 9.17) is 0 Å². The number of piperazine rings is 1. The van der Waals surface area contributed by atoms with Crippen molar-refractivity contribution in [2.45, 2.75) is 44.1 Å². The van der Waals surface area contributed by atoms with Crippen LogP contribution in [0.1, 0.15) is 37.5 Å². The quantitative estimate of drug-likeness (QED) is 0.923. The third-order valence-electron chi connectivity index (χ3n) is 5.04. The lowest BCUT2D eigenvalue weighted by Gasteiger charge is -2.39. The number of β-amino-alcohol motifs (C(OH)–C–C–N with tert-alkyl or cyclic N) is 1. The Morgan fingerprint density at radius 1 is 1.32 bits per heavy atom. The minimum absolute atomic E-state index is 0.249. The largest absolute Gasteiger partial charge is 0.392 e. The number of carbonyl (C=O) groups is 1. The third-order valence-corrected chi connectivity index (χ3v) is 6.12. The van der Waals surface area contributed by atoms with Gasteiger partial charge in [-0.2, -0.15) is 0 Å². The van der Waals surface area contributed by atoms with E-state index in [0.717, 1.165) is 51.9 Å². The number of amides is 1. The Balaban J connectivity index is 1.68. The maximum Gasteiger partial charge on any atom is 0.234 e. The van der Waals surface area contributed by atoms with Crippen LogP contribution in [0.5, 0.6) is 0 Å². The predicted molar refractivity (Wildman–Crippen MR) is 89.2 cm³/mol. The second kappa shape index (κ2) is 6.69. The SMILES string of the molecule is CC(O)CN1CCN(C(=O)C2(c3cccs3)CCCC2)CC1. The highest BCUT2D eigenvalue weighted by atomic mass is 32.1. The van der Waals surface area contributed by atoms with Crippen molar-refractivity contribution in [3.63, 3.8) is 0 Å². The van der Waals surface area contributed by atoms with Crippen LogP contribution >= 0.6 is 11.3 Å². The number of rotatable bonds is 4. The highest BCUT2D eigenvalue weighted by Crippen LogP contribution is 2.44. The fourth-order valence-electron chi connectivity index (χ4n) is 3.90. The number of thiophene rings is 1. The molecule has 1 N–H and O–H groups in total. The molecule has 1 saturated heterocycles. The molecular weight excluding hydrogens is 296 g/mol. The minimum Gasteiger partial charge on any atom is -0.392 e. The molecular formula is C17H26N2O2S. The van der Waals surface area contributed by atoms with Crippen LogP contribution in [0.15, 0.2) is 17.5 Å². The van der Waals surface area contributed by atoms with Gasteiger partial charge in [0.25, 0.3) is 0 Å².